The van der Waals surface area contributed by atoms with Gasteiger partial charge < -0.3 is 24.3 Å². The van der Waals surface area contributed by atoms with E-state index in [1.165, 1.54) is 46.7 Å². The molecule has 3 aromatic rings. The molecule has 3 aromatic carbocycles. The van der Waals surface area contributed by atoms with Gasteiger partial charge in [-0.3, -0.25) is 4.79 Å². The summed E-state index contributed by atoms with van der Waals surface area (Å²) in [6.07, 6.45) is 6.24. The molecule has 3 rings (SSSR count). The van der Waals surface area contributed by atoms with E-state index >= 15 is 0 Å². The molecule has 182 valence electrons. The van der Waals surface area contributed by atoms with Crippen LogP contribution in [0.15, 0.2) is 54.6 Å². The lowest BCUT2D eigenvalue weighted by Gasteiger charge is -2.13. The molecule has 0 bridgehead atoms. The van der Waals surface area contributed by atoms with Crippen LogP contribution in [0.5, 0.6) is 23.0 Å². The average molecular weight is 481 g/mol. The van der Waals surface area contributed by atoms with Gasteiger partial charge in [-0.15, -0.1) is 0 Å². The Kier molecular flexibility index (Phi) is 8.45. The van der Waals surface area contributed by atoms with E-state index in [1.807, 2.05) is 12.1 Å². The van der Waals surface area contributed by atoms with E-state index in [1.54, 1.807) is 30.3 Å². The summed E-state index contributed by atoms with van der Waals surface area (Å²) in [7, 11) is 6.10. The van der Waals surface area contributed by atoms with E-state index in [0.717, 1.165) is 17.7 Å². The van der Waals surface area contributed by atoms with Gasteiger partial charge in [0.1, 0.15) is 5.75 Å². The lowest BCUT2D eigenvalue weighted by Crippen LogP contribution is -2.10. The zero-order valence-corrected chi connectivity index (χ0v) is 19.7. The largest absolute Gasteiger partial charge is 0.495 e. The van der Waals surface area contributed by atoms with E-state index in [2.05, 4.69) is 5.32 Å². The van der Waals surface area contributed by atoms with Crippen molar-refractivity contribution in [3.8, 4) is 23.0 Å². The van der Waals surface area contributed by atoms with Crippen molar-refractivity contribution in [1.82, 2.24) is 0 Å². The second-order valence-corrected chi connectivity index (χ2v) is 7.21. The van der Waals surface area contributed by atoms with Gasteiger partial charge in [0.2, 0.25) is 11.7 Å². The summed E-state index contributed by atoms with van der Waals surface area (Å²) in [6.45, 7) is 0. The van der Waals surface area contributed by atoms with Crippen molar-refractivity contribution in [3.63, 3.8) is 0 Å². The van der Waals surface area contributed by atoms with Crippen LogP contribution in [-0.2, 0) is 4.79 Å². The Bertz CT molecular complexity index is 1250. The van der Waals surface area contributed by atoms with Gasteiger partial charge in [-0.25, -0.2) is 8.78 Å². The Balaban J connectivity index is 1.88. The molecule has 0 atom stereocenters. The van der Waals surface area contributed by atoms with Crippen molar-refractivity contribution in [2.24, 2.45) is 0 Å². The Hall–Kier alpha value is -4.33. The number of halogens is 2. The monoisotopic (exact) mass is 481 g/mol. The Morgan fingerprint density at radius 1 is 0.743 bits per heavy atom. The van der Waals surface area contributed by atoms with E-state index in [4.69, 9.17) is 18.9 Å². The quantitative estimate of drug-likeness (QED) is 0.308. The number of hydrogen-bond acceptors (Lipinski definition) is 5. The number of rotatable bonds is 9. The van der Waals surface area contributed by atoms with Crippen molar-refractivity contribution >= 4 is 29.8 Å². The highest BCUT2D eigenvalue weighted by atomic mass is 19.2. The molecule has 0 aliphatic rings. The standard InChI is InChI=1S/C27H25F2NO5/c1-32-22-7-5-6-19(11-8-18-15-23(33-2)27(35-4)24(16-18)34-3)26(22)30-25(31)13-10-17-9-12-20(28)21(29)14-17/h5-16H,1-4H3,(H,30,31)/b11-8+,13-10+. The molecule has 0 unspecified atom stereocenters. The van der Waals surface area contributed by atoms with Crippen molar-refractivity contribution in [3.05, 3.63) is 82.9 Å². The number of methoxy groups -OCH3 is 4. The van der Waals surface area contributed by atoms with Crippen LogP contribution in [0.4, 0.5) is 14.5 Å². The van der Waals surface area contributed by atoms with E-state index in [9.17, 15) is 13.6 Å². The highest BCUT2D eigenvalue weighted by Gasteiger charge is 2.13. The molecule has 0 aromatic heterocycles. The normalized spacial score (nSPS) is 11.0. The van der Waals surface area contributed by atoms with Crippen molar-refractivity contribution in [2.45, 2.75) is 0 Å². The Morgan fingerprint density at radius 2 is 1.43 bits per heavy atom. The summed E-state index contributed by atoms with van der Waals surface area (Å²) in [6, 6.07) is 12.3. The molecule has 0 saturated carbocycles. The van der Waals surface area contributed by atoms with Crippen LogP contribution >= 0.6 is 0 Å². The smallest absolute Gasteiger partial charge is 0.248 e. The van der Waals surface area contributed by atoms with Gasteiger partial charge in [0.15, 0.2) is 23.1 Å². The molecule has 8 heteroatoms. The highest BCUT2D eigenvalue weighted by molar-refractivity contribution is 6.04. The third kappa shape index (κ3) is 6.17. The van der Waals surface area contributed by atoms with Gasteiger partial charge in [-0.05, 0) is 47.5 Å². The van der Waals surface area contributed by atoms with E-state index in [0.29, 0.717) is 39.8 Å². The lowest BCUT2D eigenvalue weighted by atomic mass is 10.1. The third-order valence-electron chi connectivity index (χ3n) is 5.04. The van der Waals surface area contributed by atoms with Crippen LogP contribution in [-0.4, -0.2) is 34.3 Å². The number of carbonyl (C=O) groups is 1. The minimum Gasteiger partial charge on any atom is -0.495 e. The summed E-state index contributed by atoms with van der Waals surface area (Å²) < 4.78 is 48.1. The molecule has 1 N–H and O–H groups in total. The highest BCUT2D eigenvalue weighted by Crippen LogP contribution is 2.39. The van der Waals surface area contributed by atoms with Gasteiger partial charge in [0.25, 0.3) is 0 Å². The van der Waals surface area contributed by atoms with Crippen LogP contribution in [0.1, 0.15) is 16.7 Å². The molecule has 35 heavy (non-hydrogen) atoms. The number of nitrogens with one attached hydrogen (secondary N) is 1. The topological polar surface area (TPSA) is 66.0 Å². The van der Waals surface area contributed by atoms with Crippen LogP contribution in [0.3, 0.4) is 0 Å². The maximum Gasteiger partial charge on any atom is 0.248 e. The number of ether oxygens (including phenoxy) is 4. The second-order valence-electron chi connectivity index (χ2n) is 7.21. The molecule has 0 radical (unpaired) electrons. The van der Waals surface area contributed by atoms with Gasteiger partial charge in [-0.1, -0.05) is 30.4 Å². The van der Waals surface area contributed by atoms with Crippen LogP contribution in [0.25, 0.3) is 18.2 Å². The minimum atomic E-state index is -0.989. The summed E-state index contributed by atoms with van der Waals surface area (Å²) >= 11 is 0. The fraction of sp³-hybridized carbons (Fsp3) is 0.148. The van der Waals surface area contributed by atoms with Crippen molar-refractivity contribution in [2.75, 3.05) is 33.8 Å². The van der Waals surface area contributed by atoms with Gasteiger partial charge in [0.05, 0.1) is 34.1 Å². The summed E-state index contributed by atoms with van der Waals surface area (Å²) in [4.78, 5) is 12.6. The summed E-state index contributed by atoms with van der Waals surface area (Å²) in [5, 5.41) is 2.79. The number of hydrogen-bond donors (Lipinski definition) is 1. The SMILES string of the molecule is COc1cccc(/C=C/c2cc(OC)c(OC)c(OC)c2)c1NC(=O)/C=C/c1ccc(F)c(F)c1. The number of carbonyl (C=O) groups excluding carboxylic acids is 1. The fourth-order valence-corrected chi connectivity index (χ4v) is 3.33. The first kappa shape index (κ1) is 25.3. The molecule has 0 spiro atoms. The van der Waals surface area contributed by atoms with E-state index in [-0.39, 0.29) is 0 Å². The first-order valence-electron chi connectivity index (χ1n) is 10.5. The molecule has 0 fully saturated rings. The van der Waals surface area contributed by atoms with Crippen molar-refractivity contribution < 1.29 is 32.5 Å². The molecule has 0 saturated heterocycles. The van der Waals surface area contributed by atoms with Crippen molar-refractivity contribution in [1.29, 1.82) is 0 Å². The van der Waals surface area contributed by atoms with Crippen LogP contribution < -0.4 is 24.3 Å². The summed E-state index contributed by atoms with van der Waals surface area (Å²) in [5.74, 6) is -0.468. The van der Waals surface area contributed by atoms with Gasteiger partial charge in [-0.2, -0.15) is 0 Å². The first-order valence-corrected chi connectivity index (χ1v) is 10.5. The predicted octanol–water partition coefficient (Wildman–Crippen LogP) is 5.82. The van der Waals surface area contributed by atoms with Crippen LogP contribution in [0.2, 0.25) is 0 Å². The molecule has 0 heterocycles. The number of amides is 1. The fourth-order valence-electron chi connectivity index (χ4n) is 3.33. The molecule has 1 amide bonds. The first-order chi connectivity index (χ1) is 16.9. The molecule has 0 aliphatic carbocycles. The number of anilines is 1. The zero-order valence-electron chi connectivity index (χ0n) is 19.7. The molecular weight excluding hydrogens is 456 g/mol. The molecule has 6 nitrogen and oxygen atoms in total. The zero-order chi connectivity index (χ0) is 25.4. The summed E-state index contributed by atoms with van der Waals surface area (Å²) in [5.41, 5.74) is 2.24. The molecular formula is C27H25F2NO5. The average Bonchev–Trinajstić information content (AvgIpc) is 2.87. The van der Waals surface area contributed by atoms with Gasteiger partial charge in [0, 0.05) is 11.6 Å². The van der Waals surface area contributed by atoms with E-state index < -0.39 is 17.5 Å². The molecule has 0 aliphatic heterocycles. The number of para-hydroxylation sites is 1. The second kappa shape index (κ2) is 11.7. The maximum absolute atomic E-state index is 13.4. The maximum atomic E-state index is 13.4. The predicted molar refractivity (Wildman–Crippen MR) is 132 cm³/mol. The van der Waals surface area contributed by atoms with Crippen LogP contribution in [0, 0.1) is 11.6 Å². The lowest BCUT2D eigenvalue weighted by molar-refractivity contribution is -0.111. The minimum absolute atomic E-state index is 0.349. The third-order valence-corrected chi connectivity index (χ3v) is 5.04. The Morgan fingerprint density at radius 3 is 2.03 bits per heavy atom. The van der Waals surface area contributed by atoms with Gasteiger partial charge >= 0.3 is 0 Å². The Labute approximate surface area is 202 Å². The number of benzene rings is 3.